The van der Waals surface area contributed by atoms with Crippen LogP contribution in [0.1, 0.15) is 25.2 Å². The molecule has 2 rings (SSSR count). The Morgan fingerprint density at radius 2 is 2.05 bits per heavy atom. The normalized spacial score (nSPS) is 11.0. The largest absolute Gasteiger partial charge is 0.310 e. The monoisotopic (exact) mass is 290 g/mol. The number of aromatic nitrogens is 4. The van der Waals surface area contributed by atoms with Crippen molar-refractivity contribution < 1.29 is 4.92 Å². The van der Waals surface area contributed by atoms with Crippen molar-refractivity contribution in [3.63, 3.8) is 0 Å². The first-order valence-electron chi connectivity index (χ1n) is 6.75. The topological polar surface area (TPSA) is 98.8 Å². The summed E-state index contributed by atoms with van der Waals surface area (Å²) in [6, 6.07) is 6.39. The molecule has 0 bridgehead atoms. The van der Waals surface area contributed by atoms with Crippen LogP contribution < -0.4 is 5.32 Å². The summed E-state index contributed by atoms with van der Waals surface area (Å²) in [5.74, 6) is 1.30. The molecular weight excluding hydrogens is 272 g/mol. The van der Waals surface area contributed by atoms with Gasteiger partial charge in [-0.2, -0.15) is 0 Å². The van der Waals surface area contributed by atoms with Gasteiger partial charge in [0, 0.05) is 12.1 Å². The van der Waals surface area contributed by atoms with Crippen molar-refractivity contribution in [2.75, 3.05) is 6.54 Å². The standard InChI is InChI=1S/C13H18N6O2/c1-10(2)7-14-8-13-15-16-17-18(13)9-11-3-5-12(6-4-11)19(20)21/h3-6,10,14H,7-9H2,1-2H3. The maximum absolute atomic E-state index is 10.6. The van der Waals surface area contributed by atoms with Gasteiger partial charge in [0.2, 0.25) is 0 Å². The number of non-ortho nitro benzene ring substituents is 1. The smallest absolute Gasteiger partial charge is 0.269 e. The molecule has 1 aromatic heterocycles. The van der Waals surface area contributed by atoms with E-state index in [1.165, 1.54) is 12.1 Å². The molecule has 2 aromatic rings. The molecular formula is C13H18N6O2. The summed E-state index contributed by atoms with van der Waals surface area (Å²) in [6.45, 7) is 6.24. The fraction of sp³-hybridized carbons (Fsp3) is 0.462. The SMILES string of the molecule is CC(C)CNCc1nnnn1Cc1ccc([N+](=O)[O-])cc1. The molecule has 0 aliphatic heterocycles. The molecule has 1 aromatic carbocycles. The van der Waals surface area contributed by atoms with E-state index in [1.54, 1.807) is 16.8 Å². The van der Waals surface area contributed by atoms with Gasteiger partial charge < -0.3 is 5.32 Å². The zero-order valence-corrected chi connectivity index (χ0v) is 12.1. The second-order valence-corrected chi connectivity index (χ2v) is 5.20. The van der Waals surface area contributed by atoms with Gasteiger partial charge in [-0.25, -0.2) is 4.68 Å². The van der Waals surface area contributed by atoms with E-state index in [0.717, 1.165) is 17.9 Å². The molecule has 8 heteroatoms. The van der Waals surface area contributed by atoms with E-state index in [9.17, 15) is 10.1 Å². The fourth-order valence-corrected chi connectivity index (χ4v) is 1.84. The number of benzene rings is 1. The summed E-state index contributed by atoms with van der Waals surface area (Å²) in [5.41, 5.74) is 0.993. The van der Waals surface area contributed by atoms with Crippen molar-refractivity contribution in [3.8, 4) is 0 Å². The lowest BCUT2D eigenvalue weighted by atomic mass is 10.2. The van der Waals surface area contributed by atoms with Crippen molar-refractivity contribution in [2.45, 2.75) is 26.9 Å². The number of tetrazole rings is 1. The minimum atomic E-state index is -0.415. The van der Waals surface area contributed by atoms with Gasteiger partial charge >= 0.3 is 0 Å². The molecule has 0 unspecified atom stereocenters. The lowest BCUT2D eigenvalue weighted by molar-refractivity contribution is -0.384. The van der Waals surface area contributed by atoms with Gasteiger partial charge in [-0.05, 0) is 28.5 Å². The number of nitrogens with zero attached hydrogens (tertiary/aromatic N) is 5. The summed E-state index contributed by atoms with van der Waals surface area (Å²) < 4.78 is 1.69. The first kappa shape index (κ1) is 15.0. The zero-order chi connectivity index (χ0) is 15.2. The molecule has 1 N–H and O–H groups in total. The van der Waals surface area contributed by atoms with Crippen molar-refractivity contribution in [1.29, 1.82) is 0 Å². The maximum Gasteiger partial charge on any atom is 0.269 e. The van der Waals surface area contributed by atoms with Crippen LogP contribution in [0.4, 0.5) is 5.69 Å². The Balaban J connectivity index is 1.99. The van der Waals surface area contributed by atoms with Gasteiger partial charge in [0.05, 0.1) is 18.0 Å². The Morgan fingerprint density at radius 1 is 1.33 bits per heavy atom. The lowest BCUT2D eigenvalue weighted by Gasteiger charge is -2.08. The molecule has 0 saturated heterocycles. The third kappa shape index (κ3) is 4.32. The molecule has 0 fully saturated rings. The van der Waals surface area contributed by atoms with Crippen LogP contribution in [-0.2, 0) is 13.1 Å². The van der Waals surface area contributed by atoms with Crippen molar-refractivity contribution in [1.82, 2.24) is 25.5 Å². The number of hydrogen-bond acceptors (Lipinski definition) is 6. The Morgan fingerprint density at radius 3 is 2.67 bits per heavy atom. The van der Waals surface area contributed by atoms with Crippen molar-refractivity contribution in [2.24, 2.45) is 5.92 Å². The highest BCUT2D eigenvalue weighted by atomic mass is 16.6. The lowest BCUT2D eigenvalue weighted by Crippen LogP contribution is -2.22. The minimum Gasteiger partial charge on any atom is -0.310 e. The molecule has 8 nitrogen and oxygen atoms in total. The van der Waals surface area contributed by atoms with Crippen LogP contribution in [0.3, 0.4) is 0 Å². The first-order chi connectivity index (χ1) is 10.1. The van der Waals surface area contributed by atoms with Crippen LogP contribution in [0.2, 0.25) is 0 Å². The molecule has 112 valence electrons. The van der Waals surface area contributed by atoms with Gasteiger partial charge in [-0.3, -0.25) is 10.1 Å². The Kier molecular flexibility index (Phi) is 4.94. The van der Waals surface area contributed by atoms with E-state index in [0.29, 0.717) is 19.0 Å². The van der Waals surface area contributed by atoms with Crippen molar-refractivity contribution in [3.05, 3.63) is 45.8 Å². The number of nitrogens with one attached hydrogen (secondary N) is 1. The minimum absolute atomic E-state index is 0.0780. The zero-order valence-electron chi connectivity index (χ0n) is 12.1. The highest BCUT2D eigenvalue weighted by Gasteiger charge is 2.08. The van der Waals surface area contributed by atoms with E-state index < -0.39 is 4.92 Å². The number of hydrogen-bond donors (Lipinski definition) is 1. The predicted molar refractivity (Wildman–Crippen MR) is 76.6 cm³/mol. The van der Waals surface area contributed by atoms with Crippen LogP contribution in [0.5, 0.6) is 0 Å². The average molecular weight is 290 g/mol. The van der Waals surface area contributed by atoms with Gasteiger partial charge in [0.25, 0.3) is 5.69 Å². The summed E-state index contributed by atoms with van der Waals surface area (Å²) in [4.78, 5) is 10.2. The second kappa shape index (κ2) is 6.89. The first-order valence-corrected chi connectivity index (χ1v) is 6.75. The van der Waals surface area contributed by atoms with E-state index >= 15 is 0 Å². The Bertz CT molecular complexity index is 593. The van der Waals surface area contributed by atoms with Crippen LogP contribution in [-0.4, -0.2) is 31.7 Å². The quantitative estimate of drug-likeness (QED) is 0.611. The molecule has 0 radical (unpaired) electrons. The molecule has 1 heterocycles. The van der Waals surface area contributed by atoms with Crippen LogP contribution >= 0.6 is 0 Å². The van der Waals surface area contributed by atoms with E-state index in [-0.39, 0.29) is 5.69 Å². The molecule has 0 amide bonds. The van der Waals surface area contributed by atoms with Crippen LogP contribution in [0.15, 0.2) is 24.3 Å². The van der Waals surface area contributed by atoms with Gasteiger partial charge in [-0.1, -0.05) is 26.0 Å². The molecule has 0 aliphatic rings. The Hall–Kier alpha value is -2.35. The van der Waals surface area contributed by atoms with E-state index in [1.807, 2.05) is 0 Å². The highest BCUT2D eigenvalue weighted by Crippen LogP contribution is 2.12. The number of nitro benzene ring substituents is 1. The van der Waals surface area contributed by atoms with Gasteiger partial charge in [0.1, 0.15) is 0 Å². The number of rotatable bonds is 7. The van der Waals surface area contributed by atoms with Crippen molar-refractivity contribution >= 4 is 5.69 Å². The van der Waals surface area contributed by atoms with E-state index in [2.05, 4.69) is 34.7 Å². The van der Waals surface area contributed by atoms with Crippen LogP contribution in [0, 0.1) is 16.0 Å². The van der Waals surface area contributed by atoms with Gasteiger partial charge in [-0.15, -0.1) is 5.10 Å². The predicted octanol–water partition coefficient (Wildman–Crippen LogP) is 1.38. The second-order valence-electron chi connectivity index (χ2n) is 5.20. The molecule has 0 aliphatic carbocycles. The molecule has 21 heavy (non-hydrogen) atoms. The average Bonchev–Trinajstić information content (AvgIpc) is 2.86. The highest BCUT2D eigenvalue weighted by molar-refractivity contribution is 5.32. The molecule has 0 spiro atoms. The Labute approximate surface area is 122 Å². The third-order valence-electron chi connectivity index (χ3n) is 2.92. The maximum atomic E-state index is 10.6. The number of nitro groups is 1. The summed E-state index contributed by atoms with van der Waals surface area (Å²) >= 11 is 0. The van der Waals surface area contributed by atoms with Crippen LogP contribution in [0.25, 0.3) is 0 Å². The third-order valence-corrected chi connectivity index (χ3v) is 2.92. The summed E-state index contributed by atoms with van der Waals surface area (Å²) in [6.07, 6.45) is 0. The summed E-state index contributed by atoms with van der Waals surface area (Å²) in [7, 11) is 0. The fourth-order valence-electron chi connectivity index (χ4n) is 1.84. The molecule has 0 saturated carbocycles. The summed E-state index contributed by atoms with van der Waals surface area (Å²) in [5, 5.41) is 25.5. The van der Waals surface area contributed by atoms with Gasteiger partial charge in [0.15, 0.2) is 5.82 Å². The van der Waals surface area contributed by atoms with E-state index in [4.69, 9.17) is 0 Å². The molecule has 0 atom stereocenters.